The van der Waals surface area contributed by atoms with E-state index in [1.165, 1.54) is 5.56 Å². The van der Waals surface area contributed by atoms with Crippen LogP contribution in [0.1, 0.15) is 25.3 Å². The SMILES string of the molecule is CC(=O)C1(Cc2cc(Br)cc(Br)c2)CCCN1C. The highest BCUT2D eigenvalue weighted by Crippen LogP contribution is 2.33. The van der Waals surface area contributed by atoms with Crippen LogP contribution < -0.4 is 0 Å². The van der Waals surface area contributed by atoms with E-state index in [0.717, 1.165) is 34.8 Å². The van der Waals surface area contributed by atoms with E-state index in [1.54, 1.807) is 6.92 Å². The Labute approximate surface area is 125 Å². The summed E-state index contributed by atoms with van der Waals surface area (Å²) < 4.78 is 2.09. The van der Waals surface area contributed by atoms with Crippen LogP contribution in [0.15, 0.2) is 27.1 Å². The number of carbonyl (C=O) groups excluding carboxylic acids is 1. The molecule has 1 aliphatic rings. The molecule has 0 spiro atoms. The number of hydrogen-bond acceptors (Lipinski definition) is 2. The van der Waals surface area contributed by atoms with Gasteiger partial charge in [0, 0.05) is 8.95 Å². The molecule has 0 aliphatic carbocycles. The molecular weight excluding hydrogens is 358 g/mol. The molecule has 0 radical (unpaired) electrons. The molecule has 1 saturated heterocycles. The zero-order chi connectivity index (χ0) is 13.3. The molecular formula is C14H17Br2NO. The number of nitrogens with zero attached hydrogens (tertiary/aromatic N) is 1. The normalized spacial score (nSPS) is 24.4. The standard InChI is InChI=1S/C14H17Br2NO/c1-10(18)14(4-3-5-17(14)2)9-11-6-12(15)8-13(16)7-11/h6-8H,3-5,9H2,1-2H3. The number of Topliss-reactive ketones (excluding diaryl/α,β-unsaturated/α-hetero) is 1. The van der Waals surface area contributed by atoms with Crippen molar-refractivity contribution in [2.24, 2.45) is 0 Å². The molecule has 0 bridgehead atoms. The number of ketones is 1. The van der Waals surface area contributed by atoms with E-state index in [0.29, 0.717) is 0 Å². The lowest BCUT2D eigenvalue weighted by molar-refractivity contribution is -0.126. The summed E-state index contributed by atoms with van der Waals surface area (Å²) in [6.07, 6.45) is 2.85. The van der Waals surface area contributed by atoms with Gasteiger partial charge in [0.15, 0.2) is 0 Å². The van der Waals surface area contributed by atoms with Crippen LogP contribution in [-0.2, 0) is 11.2 Å². The predicted molar refractivity (Wildman–Crippen MR) is 80.8 cm³/mol. The van der Waals surface area contributed by atoms with Crippen LogP contribution in [-0.4, -0.2) is 29.8 Å². The molecule has 1 aliphatic heterocycles. The van der Waals surface area contributed by atoms with Gasteiger partial charge in [0.2, 0.25) is 0 Å². The Kier molecular flexibility index (Phi) is 4.29. The number of likely N-dealkylation sites (tertiary alicyclic amines) is 1. The van der Waals surface area contributed by atoms with E-state index < -0.39 is 0 Å². The lowest BCUT2D eigenvalue weighted by Crippen LogP contribution is -2.49. The van der Waals surface area contributed by atoms with Crippen LogP contribution in [0.3, 0.4) is 0 Å². The molecule has 1 unspecified atom stereocenters. The fourth-order valence-electron chi connectivity index (χ4n) is 2.86. The molecule has 0 N–H and O–H groups in total. The quantitative estimate of drug-likeness (QED) is 0.801. The Morgan fingerprint density at radius 3 is 2.39 bits per heavy atom. The zero-order valence-corrected chi connectivity index (χ0v) is 13.8. The number of rotatable bonds is 3. The lowest BCUT2D eigenvalue weighted by Gasteiger charge is -2.34. The molecule has 1 aromatic carbocycles. The van der Waals surface area contributed by atoms with Crippen molar-refractivity contribution in [2.45, 2.75) is 31.7 Å². The second kappa shape index (κ2) is 5.43. The Morgan fingerprint density at radius 1 is 1.33 bits per heavy atom. The largest absolute Gasteiger partial charge is 0.298 e. The maximum absolute atomic E-state index is 12.1. The average Bonchev–Trinajstić information content (AvgIpc) is 2.59. The Hall–Kier alpha value is -0.190. The minimum Gasteiger partial charge on any atom is -0.298 e. The fourth-order valence-corrected chi connectivity index (χ4v) is 4.25. The van der Waals surface area contributed by atoms with Crippen molar-refractivity contribution in [1.29, 1.82) is 0 Å². The fraction of sp³-hybridized carbons (Fsp3) is 0.500. The number of likely N-dealkylation sites (N-methyl/N-ethyl adjacent to an activating group) is 1. The molecule has 0 saturated carbocycles. The molecule has 18 heavy (non-hydrogen) atoms. The van der Waals surface area contributed by atoms with Crippen molar-refractivity contribution < 1.29 is 4.79 Å². The van der Waals surface area contributed by atoms with E-state index in [9.17, 15) is 4.79 Å². The van der Waals surface area contributed by atoms with Gasteiger partial charge in [0.25, 0.3) is 0 Å². The van der Waals surface area contributed by atoms with E-state index in [2.05, 4.69) is 55.9 Å². The van der Waals surface area contributed by atoms with Crippen LogP contribution in [0.25, 0.3) is 0 Å². The number of carbonyl (C=O) groups is 1. The zero-order valence-electron chi connectivity index (χ0n) is 10.7. The van der Waals surface area contributed by atoms with E-state index in [-0.39, 0.29) is 11.3 Å². The van der Waals surface area contributed by atoms with Crippen molar-refractivity contribution >= 4 is 37.6 Å². The summed E-state index contributed by atoms with van der Waals surface area (Å²) in [5.74, 6) is 0.276. The van der Waals surface area contributed by atoms with Gasteiger partial charge < -0.3 is 0 Å². The van der Waals surface area contributed by atoms with Gasteiger partial charge in [-0.3, -0.25) is 9.69 Å². The molecule has 0 amide bonds. The Morgan fingerprint density at radius 2 is 1.94 bits per heavy atom. The molecule has 98 valence electrons. The highest BCUT2D eigenvalue weighted by Gasteiger charge is 2.42. The van der Waals surface area contributed by atoms with Gasteiger partial charge in [0.05, 0.1) is 5.54 Å². The van der Waals surface area contributed by atoms with E-state index in [1.807, 2.05) is 6.07 Å². The maximum atomic E-state index is 12.1. The van der Waals surface area contributed by atoms with Crippen molar-refractivity contribution in [3.8, 4) is 0 Å². The third-order valence-corrected chi connectivity index (χ3v) is 4.80. The van der Waals surface area contributed by atoms with Gasteiger partial charge >= 0.3 is 0 Å². The molecule has 2 rings (SSSR count). The molecule has 1 fully saturated rings. The first kappa shape index (κ1) is 14.2. The van der Waals surface area contributed by atoms with Crippen molar-refractivity contribution in [3.63, 3.8) is 0 Å². The summed E-state index contributed by atoms with van der Waals surface area (Å²) in [6, 6.07) is 6.21. The first-order valence-corrected chi connectivity index (χ1v) is 7.70. The summed E-state index contributed by atoms with van der Waals surface area (Å²) >= 11 is 7.01. The summed E-state index contributed by atoms with van der Waals surface area (Å²) in [6.45, 7) is 2.73. The first-order valence-electron chi connectivity index (χ1n) is 6.11. The van der Waals surface area contributed by atoms with E-state index in [4.69, 9.17) is 0 Å². The molecule has 1 heterocycles. The highest BCUT2D eigenvalue weighted by atomic mass is 79.9. The molecule has 0 aromatic heterocycles. The minimum atomic E-state index is -0.305. The number of benzene rings is 1. The number of hydrogen-bond donors (Lipinski definition) is 0. The van der Waals surface area contributed by atoms with Crippen molar-refractivity contribution in [3.05, 3.63) is 32.7 Å². The summed E-state index contributed by atoms with van der Waals surface area (Å²) in [4.78, 5) is 14.3. The summed E-state index contributed by atoms with van der Waals surface area (Å²) in [7, 11) is 2.06. The van der Waals surface area contributed by atoms with Gasteiger partial charge in [-0.2, -0.15) is 0 Å². The van der Waals surface area contributed by atoms with E-state index >= 15 is 0 Å². The minimum absolute atomic E-state index is 0.276. The predicted octanol–water partition coefficient (Wildman–Crippen LogP) is 3.81. The van der Waals surface area contributed by atoms with Crippen molar-refractivity contribution in [2.75, 3.05) is 13.6 Å². The summed E-state index contributed by atoms with van der Waals surface area (Å²) in [5, 5.41) is 0. The second-order valence-electron chi connectivity index (χ2n) is 5.07. The van der Waals surface area contributed by atoms with Gasteiger partial charge in [-0.15, -0.1) is 0 Å². The topological polar surface area (TPSA) is 20.3 Å². The average molecular weight is 375 g/mol. The van der Waals surface area contributed by atoms with Gasteiger partial charge in [-0.05, 0) is 63.5 Å². The Balaban J connectivity index is 2.32. The lowest BCUT2D eigenvalue weighted by atomic mass is 9.85. The molecule has 1 aromatic rings. The highest BCUT2D eigenvalue weighted by molar-refractivity contribution is 9.11. The second-order valence-corrected chi connectivity index (χ2v) is 6.90. The monoisotopic (exact) mass is 373 g/mol. The van der Waals surface area contributed by atoms with Crippen LogP contribution >= 0.6 is 31.9 Å². The first-order chi connectivity index (χ1) is 8.44. The van der Waals surface area contributed by atoms with Crippen molar-refractivity contribution in [1.82, 2.24) is 4.90 Å². The van der Waals surface area contributed by atoms with Gasteiger partial charge in [-0.25, -0.2) is 0 Å². The van der Waals surface area contributed by atoms with Crippen LogP contribution in [0.5, 0.6) is 0 Å². The van der Waals surface area contributed by atoms with Crippen LogP contribution in [0.4, 0.5) is 0 Å². The summed E-state index contributed by atoms with van der Waals surface area (Å²) in [5.41, 5.74) is 0.889. The third kappa shape index (κ3) is 2.70. The molecule has 1 atom stereocenters. The number of halogens is 2. The third-order valence-electron chi connectivity index (χ3n) is 3.89. The van der Waals surface area contributed by atoms with Gasteiger partial charge in [0.1, 0.15) is 5.78 Å². The molecule has 2 nitrogen and oxygen atoms in total. The molecule has 4 heteroatoms. The van der Waals surface area contributed by atoms with Crippen LogP contribution in [0.2, 0.25) is 0 Å². The smallest absolute Gasteiger partial charge is 0.150 e. The van der Waals surface area contributed by atoms with Crippen LogP contribution in [0, 0.1) is 0 Å². The maximum Gasteiger partial charge on any atom is 0.150 e. The Bertz CT molecular complexity index is 455. The van der Waals surface area contributed by atoms with Gasteiger partial charge in [-0.1, -0.05) is 31.9 Å².